The molecule has 0 bridgehead atoms. The lowest BCUT2D eigenvalue weighted by Gasteiger charge is -2.07. The van der Waals surface area contributed by atoms with Crippen LogP contribution >= 0.6 is 15.9 Å². The number of benzene rings is 1. The van der Waals surface area contributed by atoms with Gasteiger partial charge in [0.05, 0.1) is 5.56 Å². The average molecular weight is 283 g/mol. The largest absolute Gasteiger partial charge is 0.398 e. The van der Waals surface area contributed by atoms with Crippen LogP contribution in [0.1, 0.15) is 23.7 Å². The van der Waals surface area contributed by atoms with Crippen molar-refractivity contribution in [3.63, 3.8) is 0 Å². The van der Waals surface area contributed by atoms with Crippen LogP contribution in [0.2, 0.25) is 0 Å². The number of anilines is 1. The van der Waals surface area contributed by atoms with Crippen LogP contribution in [0, 0.1) is 11.8 Å². The molecule has 3 N–H and O–H groups in total. The third-order valence-electron chi connectivity index (χ3n) is 3.06. The van der Waals surface area contributed by atoms with Gasteiger partial charge in [0, 0.05) is 16.7 Å². The number of nitrogen functional groups attached to an aromatic ring is 1. The van der Waals surface area contributed by atoms with E-state index in [9.17, 15) is 4.79 Å². The summed E-state index contributed by atoms with van der Waals surface area (Å²) in [6.45, 7) is 2.96. The number of rotatable bonds is 3. The summed E-state index contributed by atoms with van der Waals surface area (Å²) < 4.78 is 0.886. The molecule has 1 aromatic carbocycles. The Morgan fingerprint density at radius 3 is 2.88 bits per heavy atom. The van der Waals surface area contributed by atoms with Crippen molar-refractivity contribution < 1.29 is 4.79 Å². The van der Waals surface area contributed by atoms with E-state index in [1.165, 1.54) is 6.42 Å². The summed E-state index contributed by atoms with van der Waals surface area (Å²) in [4.78, 5) is 11.8. The molecule has 4 heteroatoms. The van der Waals surface area contributed by atoms with Gasteiger partial charge in [0.1, 0.15) is 0 Å². The lowest BCUT2D eigenvalue weighted by atomic mass is 10.1. The first kappa shape index (κ1) is 11.5. The van der Waals surface area contributed by atoms with Crippen molar-refractivity contribution in [3.8, 4) is 0 Å². The van der Waals surface area contributed by atoms with Gasteiger partial charge in [-0.1, -0.05) is 22.9 Å². The maximum Gasteiger partial charge on any atom is 0.253 e. The Balaban J connectivity index is 1.97. The molecule has 1 saturated carbocycles. The third-order valence-corrected chi connectivity index (χ3v) is 3.55. The second-order valence-corrected chi connectivity index (χ2v) is 5.33. The van der Waals surface area contributed by atoms with Crippen molar-refractivity contribution in [3.05, 3.63) is 28.2 Å². The minimum absolute atomic E-state index is 0.0795. The van der Waals surface area contributed by atoms with Gasteiger partial charge in [-0.15, -0.1) is 0 Å². The van der Waals surface area contributed by atoms with Gasteiger partial charge in [-0.2, -0.15) is 0 Å². The highest BCUT2D eigenvalue weighted by Crippen LogP contribution is 2.36. The third kappa shape index (κ3) is 2.55. The maximum absolute atomic E-state index is 11.8. The number of halogens is 1. The number of nitrogens with one attached hydrogen (secondary N) is 1. The number of amides is 1. The van der Waals surface area contributed by atoms with E-state index in [2.05, 4.69) is 28.2 Å². The molecule has 3 nitrogen and oxygen atoms in total. The van der Waals surface area contributed by atoms with Crippen molar-refractivity contribution in [2.45, 2.75) is 13.3 Å². The van der Waals surface area contributed by atoms with E-state index in [1.54, 1.807) is 12.1 Å². The Morgan fingerprint density at radius 2 is 2.31 bits per heavy atom. The van der Waals surface area contributed by atoms with Gasteiger partial charge in [0.15, 0.2) is 0 Å². The predicted octanol–water partition coefficient (Wildman–Crippen LogP) is 2.42. The zero-order valence-electron chi connectivity index (χ0n) is 9.16. The molecule has 2 rings (SSSR count). The zero-order valence-corrected chi connectivity index (χ0v) is 10.8. The van der Waals surface area contributed by atoms with Gasteiger partial charge >= 0.3 is 0 Å². The summed E-state index contributed by atoms with van der Waals surface area (Å²) in [5.74, 6) is 1.33. The van der Waals surface area contributed by atoms with Crippen LogP contribution in [0.3, 0.4) is 0 Å². The molecule has 0 radical (unpaired) electrons. The lowest BCUT2D eigenvalue weighted by Crippen LogP contribution is -2.26. The Morgan fingerprint density at radius 1 is 1.62 bits per heavy atom. The van der Waals surface area contributed by atoms with E-state index < -0.39 is 0 Å². The molecule has 2 unspecified atom stereocenters. The van der Waals surface area contributed by atoms with Gasteiger partial charge in [0.2, 0.25) is 0 Å². The molecule has 2 atom stereocenters. The summed E-state index contributed by atoms with van der Waals surface area (Å²) in [5, 5.41) is 2.92. The SMILES string of the molecule is CC1CC1CNC(=O)c1ccc(Br)cc1N. The van der Waals surface area contributed by atoms with E-state index in [-0.39, 0.29) is 5.91 Å². The Bertz CT molecular complexity index is 419. The summed E-state index contributed by atoms with van der Waals surface area (Å²) in [6.07, 6.45) is 1.22. The quantitative estimate of drug-likeness (QED) is 0.837. The number of carbonyl (C=O) groups is 1. The van der Waals surface area contributed by atoms with Gasteiger partial charge in [-0.3, -0.25) is 4.79 Å². The van der Waals surface area contributed by atoms with Crippen LogP contribution in [-0.2, 0) is 0 Å². The molecular weight excluding hydrogens is 268 g/mol. The summed E-state index contributed by atoms with van der Waals surface area (Å²) >= 11 is 3.31. The number of hydrogen-bond acceptors (Lipinski definition) is 2. The molecule has 1 aliphatic rings. The second kappa shape index (κ2) is 4.45. The van der Waals surface area contributed by atoms with Crippen molar-refractivity contribution in [1.82, 2.24) is 5.32 Å². The van der Waals surface area contributed by atoms with Gasteiger partial charge < -0.3 is 11.1 Å². The molecule has 0 saturated heterocycles. The van der Waals surface area contributed by atoms with Crippen molar-refractivity contribution >= 4 is 27.5 Å². The normalized spacial score (nSPS) is 22.9. The summed E-state index contributed by atoms with van der Waals surface area (Å²) in [5.41, 5.74) is 6.84. The maximum atomic E-state index is 11.8. The van der Waals surface area contributed by atoms with E-state index >= 15 is 0 Å². The Labute approximate surface area is 104 Å². The lowest BCUT2D eigenvalue weighted by molar-refractivity contribution is 0.0952. The van der Waals surface area contributed by atoms with Crippen LogP contribution in [0.15, 0.2) is 22.7 Å². The van der Waals surface area contributed by atoms with E-state index in [0.29, 0.717) is 17.2 Å². The van der Waals surface area contributed by atoms with Crippen LogP contribution in [0.4, 0.5) is 5.69 Å². The molecule has 16 heavy (non-hydrogen) atoms. The first-order valence-electron chi connectivity index (χ1n) is 5.41. The second-order valence-electron chi connectivity index (χ2n) is 4.41. The zero-order chi connectivity index (χ0) is 11.7. The van der Waals surface area contributed by atoms with E-state index in [1.807, 2.05) is 6.07 Å². The topological polar surface area (TPSA) is 55.1 Å². The van der Waals surface area contributed by atoms with Gasteiger partial charge in [0.25, 0.3) is 5.91 Å². The van der Waals surface area contributed by atoms with Gasteiger partial charge in [-0.05, 0) is 36.5 Å². The van der Waals surface area contributed by atoms with Crippen molar-refractivity contribution in [1.29, 1.82) is 0 Å². The minimum Gasteiger partial charge on any atom is -0.398 e. The molecule has 0 heterocycles. The van der Waals surface area contributed by atoms with Crippen LogP contribution in [0.5, 0.6) is 0 Å². The number of hydrogen-bond donors (Lipinski definition) is 2. The first-order valence-corrected chi connectivity index (χ1v) is 6.20. The van der Waals surface area contributed by atoms with Crippen molar-refractivity contribution in [2.24, 2.45) is 11.8 Å². The van der Waals surface area contributed by atoms with Crippen LogP contribution in [-0.4, -0.2) is 12.5 Å². The fourth-order valence-corrected chi connectivity index (χ4v) is 2.12. The van der Waals surface area contributed by atoms with E-state index in [0.717, 1.165) is 16.9 Å². The Kier molecular flexibility index (Phi) is 3.19. The number of carbonyl (C=O) groups excluding carboxylic acids is 1. The molecule has 0 aromatic heterocycles. The van der Waals surface area contributed by atoms with Crippen LogP contribution < -0.4 is 11.1 Å². The molecule has 86 valence electrons. The Hall–Kier alpha value is -1.03. The van der Waals surface area contributed by atoms with Crippen molar-refractivity contribution in [2.75, 3.05) is 12.3 Å². The average Bonchev–Trinajstić information content (AvgIpc) is 2.91. The molecule has 0 spiro atoms. The summed E-state index contributed by atoms with van der Waals surface area (Å²) in [7, 11) is 0. The molecule has 1 fully saturated rings. The smallest absolute Gasteiger partial charge is 0.253 e. The highest BCUT2D eigenvalue weighted by Gasteiger charge is 2.32. The minimum atomic E-state index is -0.0795. The molecular formula is C12H15BrN2O. The van der Waals surface area contributed by atoms with Crippen LogP contribution in [0.25, 0.3) is 0 Å². The fourth-order valence-electron chi connectivity index (χ4n) is 1.74. The monoisotopic (exact) mass is 282 g/mol. The number of nitrogens with two attached hydrogens (primary N) is 1. The molecule has 1 aliphatic carbocycles. The molecule has 1 aromatic rings. The first-order chi connectivity index (χ1) is 7.58. The molecule has 0 aliphatic heterocycles. The highest BCUT2D eigenvalue weighted by molar-refractivity contribution is 9.10. The van der Waals surface area contributed by atoms with Gasteiger partial charge in [-0.25, -0.2) is 0 Å². The molecule has 1 amide bonds. The summed E-state index contributed by atoms with van der Waals surface area (Å²) in [6, 6.07) is 5.31. The fraction of sp³-hybridized carbons (Fsp3) is 0.417. The predicted molar refractivity (Wildman–Crippen MR) is 68.2 cm³/mol. The van der Waals surface area contributed by atoms with E-state index in [4.69, 9.17) is 5.73 Å². The highest BCUT2D eigenvalue weighted by atomic mass is 79.9. The standard InChI is InChI=1S/C12H15BrN2O/c1-7-4-8(7)6-15-12(16)10-3-2-9(13)5-11(10)14/h2-3,5,7-8H,4,6,14H2,1H3,(H,15,16).